The number of hydrogen-bond acceptors (Lipinski definition) is 4. The number of amidine groups is 1. The highest BCUT2D eigenvalue weighted by Gasteiger charge is 2.53. The van der Waals surface area contributed by atoms with Gasteiger partial charge in [0, 0.05) is 10.0 Å². The minimum Gasteiger partial charge on any atom is -0.386 e. The Hall–Kier alpha value is -0.590. The molecule has 1 aromatic rings. The molecule has 6 heteroatoms. The van der Waals surface area contributed by atoms with E-state index >= 15 is 0 Å². The Labute approximate surface area is 130 Å². The molecule has 0 amide bonds. The van der Waals surface area contributed by atoms with Crippen LogP contribution in [0.5, 0.6) is 0 Å². The van der Waals surface area contributed by atoms with Gasteiger partial charge in [-0.2, -0.15) is 0 Å². The van der Waals surface area contributed by atoms with Crippen molar-refractivity contribution in [1.29, 1.82) is 0 Å². The number of fused-ring (bicyclic) bond motifs is 1. The largest absolute Gasteiger partial charge is 0.386 e. The lowest BCUT2D eigenvalue weighted by Gasteiger charge is -2.41. The Kier molecular flexibility index (Phi) is 3.38. The minimum absolute atomic E-state index is 0.0774. The maximum Gasteiger partial charge on any atom is 0.129 e. The summed E-state index contributed by atoms with van der Waals surface area (Å²) in [6.45, 7) is 5.01. The first-order valence-corrected chi connectivity index (χ1v) is 8.09. The Morgan fingerprint density at radius 3 is 3.00 bits per heavy atom. The summed E-state index contributed by atoms with van der Waals surface area (Å²) in [6, 6.07) is 4.93. The van der Waals surface area contributed by atoms with Crippen molar-refractivity contribution >= 4 is 33.5 Å². The summed E-state index contributed by atoms with van der Waals surface area (Å²) in [7, 11) is 0. The molecular formula is C14H16BrFN2OS. The second kappa shape index (κ2) is 4.71. The minimum atomic E-state index is -0.710. The van der Waals surface area contributed by atoms with Crippen LogP contribution in [-0.4, -0.2) is 29.0 Å². The summed E-state index contributed by atoms with van der Waals surface area (Å²) in [5.41, 5.74) is 5.96. The lowest BCUT2D eigenvalue weighted by molar-refractivity contribution is 0.178. The van der Waals surface area contributed by atoms with Crippen LogP contribution in [0.1, 0.15) is 19.4 Å². The third-order valence-corrected chi connectivity index (χ3v) is 5.99. The average Bonchev–Trinajstić information content (AvgIpc) is 2.75. The molecule has 0 saturated carbocycles. The molecule has 1 saturated heterocycles. The molecule has 3 nitrogen and oxygen atoms in total. The van der Waals surface area contributed by atoms with E-state index in [9.17, 15) is 4.39 Å². The van der Waals surface area contributed by atoms with Gasteiger partial charge in [-0.15, -0.1) is 11.8 Å². The Bertz CT molecular complexity index is 593. The number of benzene rings is 1. The molecule has 0 bridgehead atoms. The highest BCUT2D eigenvalue weighted by atomic mass is 79.9. The van der Waals surface area contributed by atoms with Crippen molar-refractivity contribution in [3.8, 4) is 0 Å². The number of ether oxygens (including phenoxy) is 1. The highest BCUT2D eigenvalue weighted by molar-refractivity contribution is 9.10. The van der Waals surface area contributed by atoms with Gasteiger partial charge in [0.05, 0.1) is 23.2 Å². The number of thioether (sulfide) groups is 1. The Morgan fingerprint density at radius 2 is 2.25 bits per heavy atom. The summed E-state index contributed by atoms with van der Waals surface area (Å²) in [5, 5.41) is 0.0774. The molecule has 2 unspecified atom stereocenters. The molecule has 3 rings (SSSR count). The first-order valence-electron chi connectivity index (χ1n) is 6.42. The van der Waals surface area contributed by atoms with E-state index in [1.54, 1.807) is 23.9 Å². The van der Waals surface area contributed by atoms with E-state index in [1.165, 1.54) is 6.07 Å². The van der Waals surface area contributed by atoms with Gasteiger partial charge < -0.3 is 10.5 Å². The zero-order chi connectivity index (χ0) is 14.5. The quantitative estimate of drug-likeness (QED) is 0.839. The molecule has 2 aliphatic rings. The number of hydrogen-bond donors (Lipinski definition) is 1. The van der Waals surface area contributed by atoms with Crippen LogP contribution in [0.25, 0.3) is 0 Å². The molecular weight excluding hydrogens is 343 g/mol. The van der Waals surface area contributed by atoms with Gasteiger partial charge in [0.1, 0.15) is 17.2 Å². The van der Waals surface area contributed by atoms with Crippen molar-refractivity contribution in [3.05, 3.63) is 34.1 Å². The van der Waals surface area contributed by atoms with Crippen molar-refractivity contribution in [2.45, 2.75) is 29.4 Å². The number of rotatable bonds is 1. The van der Waals surface area contributed by atoms with Crippen LogP contribution >= 0.6 is 27.7 Å². The van der Waals surface area contributed by atoms with Crippen molar-refractivity contribution < 1.29 is 9.13 Å². The van der Waals surface area contributed by atoms with Gasteiger partial charge in [-0.25, -0.2) is 4.39 Å². The molecule has 0 aliphatic carbocycles. The zero-order valence-corrected chi connectivity index (χ0v) is 13.7. The SMILES string of the molecule is CC1(C)SC2COCC2(c2cc(Br)ccc2F)N=C1N. The van der Waals surface area contributed by atoms with Crippen LogP contribution < -0.4 is 5.73 Å². The second-order valence-electron chi connectivity index (χ2n) is 5.68. The topological polar surface area (TPSA) is 47.6 Å². The van der Waals surface area contributed by atoms with E-state index < -0.39 is 5.54 Å². The predicted molar refractivity (Wildman–Crippen MR) is 83.7 cm³/mol. The molecule has 2 aliphatic heterocycles. The molecule has 0 radical (unpaired) electrons. The third kappa shape index (κ3) is 2.09. The maximum atomic E-state index is 14.3. The summed E-state index contributed by atoms with van der Waals surface area (Å²) in [4.78, 5) is 4.69. The van der Waals surface area contributed by atoms with Gasteiger partial charge >= 0.3 is 0 Å². The monoisotopic (exact) mass is 358 g/mol. The van der Waals surface area contributed by atoms with Crippen LogP contribution in [0.2, 0.25) is 0 Å². The van der Waals surface area contributed by atoms with Gasteiger partial charge in [-0.3, -0.25) is 4.99 Å². The van der Waals surface area contributed by atoms with Gasteiger partial charge in [0.25, 0.3) is 0 Å². The van der Waals surface area contributed by atoms with E-state index in [-0.39, 0.29) is 15.8 Å². The fraction of sp³-hybridized carbons (Fsp3) is 0.500. The number of halogens is 2. The van der Waals surface area contributed by atoms with E-state index in [1.807, 2.05) is 13.8 Å². The molecule has 108 valence electrons. The fourth-order valence-electron chi connectivity index (χ4n) is 2.69. The molecule has 0 spiro atoms. The third-order valence-electron chi connectivity index (χ3n) is 3.89. The van der Waals surface area contributed by atoms with Crippen LogP contribution in [0.4, 0.5) is 4.39 Å². The Morgan fingerprint density at radius 1 is 1.50 bits per heavy atom. The van der Waals surface area contributed by atoms with E-state index in [4.69, 9.17) is 10.5 Å². The lowest BCUT2D eigenvalue weighted by Crippen LogP contribution is -2.50. The normalized spacial score (nSPS) is 31.8. The smallest absolute Gasteiger partial charge is 0.129 e. The number of nitrogens with zero attached hydrogens (tertiary/aromatic N) is 1. The van der Waals surface area contributed by atoms with E-state index in [2.05, 4.69) is 20.9 Å². The van der Waals surface area contributed by atoms with Gasteiger partial charge in [0.2, 0.25) is 0 Å². The van der Waals surface area contributed by atoms with Crippen LogP contribution in [0.15, 0.2) is 27.7 Å². The van der Waals surface area contributed by atoms with Crippen molar-refractivity contribution in [2.75, 3.05) is 13.2 Å². The summed E-state index contributed by atoms with van der Waals surface area (Å²) >= 11 is 5.11. The predicted octanol–water partition coefficient (Wildman–Crippen LogP) is 3.06. The molecule has 1 fully saturated rings. The van der Waals surface area contributed by atoms with E-state index in [0.717, 1.165) is 4.47 Å². The van der Waals surface area contributed by atoms with Crippen molar-refractivity contribution in [1.82, 2.24) is 0 Å². The van der Waals surface area contributed by atoms with Crippen LogP contribution in [-0.2, 0) is 10.3 Å². The average molecular weight is 359 g/mol. The number of aliphatic imine (C=N–C) groups is 1. The first-order chi connectivity index (χ1) is 9.35. The van der Waals surface area contributed by atoms with Crippen LogP contribution in [0, 0.1) is 5.82 Å². The second-order valence-corrected chi connectivity index (χ2v) is 8.42. The van der Waals surface area contributed by atoms with Gasteiger partial charge in [0.15, 0.2) is 0 Å². The lowest BCUT2D eigenvalue weighted by atomic mass is 9.88. The summed E-state index contributed by atoms with van der Waals surface area (Å²) < 4.78 is 20.5. The van der Waals surface area contributed by atoms with Crippen LogP contribution in [0.3, 0.4) is 0 Å². The van der Waals surface area contributed by atoms with Crippen molar-refractivity contribution in [2.24, 2.45) is 10.7 Å². The Balaban J connectivity index is 2.18. The molecule has 2 heterocycles. The fourth-order valence-corrected chi connectivity index (χ4v) is 4.54. The first kappa shape index (κ1) is 14.4. The number of nitrogens with two attached hydrogens (primary N) is 1. The van der Waals surface area contributed by atoms with E-state index in [0.29, 0.717) is 24.6 Å². The van der Waals surface area contributed by atoms with Gasteiger partial charge in [-0.1, -0.05) is 15.9 Å². The molecule has 2 atom stereocenters. The maximum absolute atomic E-state index is 14.3. The highest BCUT2D eigenvalue weighted by Crippen LogP contribution is 2.50. The van der Waals surface area contributed by atoms with Gasteiger partial charge in [-0.05, 0) is 32.0 Å². The molecule has 20 heavy (non-hydrogen) atoms. The standard InChI is InChI=1S/C14H16BrFN2OS/c1-13(2)12(17)18-14(7-19-6-11(14)20-13)9-5-8(15)3-4-10(9)16/h3-5,11H,6-7H2,1-2H3,(H2,17,18). The molecule has 1 aromatic carbocycles. The zero-order valence-electron chi connectivity index (χ0n) is 11.3. The summed E-state index contributed by atoms with van der Waals surface area (Å²) in [6.07, 6.45) is 0. The molecule has 2 N–H and O–H groups in total. The summed E-state index contributed by atoms with van der Waals surface area (Å²) in [5.74, 6) is 0.282. The van der Waals surface area contributed by atoms with Crippen molar-refractivity contribution in [3.63, 3.8) is 0 Å². The molecule has 0 aromatic heterocycles.